The van der Waals surface area contributed by atoms with Crippen LogP contribution in [0.5, 0.6) is 0 Å². The van der Waals surface area contributed by atoms with Crippen molar-refractivity contribution < 1.29 is 17.9 Å². The Morgan fingerprint density at radius 3 is 2.45 bits per heavy atom. The zero-order chi connectivity index (χ0) is 15.2. The zero-order valence-electron chi connectivity index (χ0n) is 10.9. The second kappa shape index (κ2) is 7.83. The molecule has 1 rings (SSSR count). The molecule has 20 heavy (non-hydrogen) atoms. The van der Waals surface area contributed by atoms with Crippen LogP contribution < -0.4 is 4.72 Å². The maximum Gasteiger partial charge on any atom is 0.305 e. The van der Waals surface area contributed by atoms with Gasteiger partial charge in [0.15, 0.2) is 0 Å². The third-order valence-corrected chi connectivity index (χ3v) is 4.76. The number of carbonyl (C=O) groups excluding carboxylic acids is 1. The molecule has 0 aliphatic carbocycles. The van der Waals surface area contributed by atoms with E-state index in [1.165, 1.54) is 12.1 Å². The van der Waals surface area contributed by atoms with Crippen LogP contribution in [0, 0.1) is 0 Å². The van der Waals surface area contributed by atoms with Gasteiger partial charge in [-0.25, -0.2) is 13.1 Å². The molecule has 0 aliphatic rings. The maximum absolute atomic E-state index is 12.0. The minimum Gasteiger partial charge on any atom is -0.466 e. The number of hydrogen-bond acceptors (Lipinski definition) is 4. The van der Waals surface area contributed by atoms with Crippen molar-refractivity contribution in [2.75, 3.05) is 13.2 Å². The predicted octanol–water partition coefficient (Wildman–Crippen LogP) is 2.62. The molecule has 0 saturated heterocycles. The van der Waals surface area contributed by atoms with Crippen molar-refractivity contribution >= 4 is 39.2 Å². The molecule has 1 N–H and O–H groups in total. The van der Waals surface area contributed by atoms with Crippen molar-refractivity contribution in [3.63, 3.8) is 0 Å². The second-order valence-electron chi connectivity index (χ2n) is 3.86. The summed E-state index contributed by atoms with van der Waals surface area (Å²) in [5, 5.41) is 0.103. The van der Waals surface area contributed by atoms with Crippen molar-refractivity contribution in [1.82, 2.24) is 4.72 Å². The first-order chi connectivity index (χ1) is 9.38. The van der Waals surface area contributed by atoms with Crippen molar-refractivity contribution in [2.24, 2.45) is 0 Å². The Bertz CT molecular complexity index is 555. The third kappa shape index (κ3) is 4.94. The zero-order valence-corrected chi connectivity index (χ0v) is 13.2. The van der Waals surface area contributed by atoms with E-state index in [0.29, 0.717) is 13.0 Å². The molecular formula is C12H15Cl2NO4S. The first-order valence-electron chi connectivity index (χ1n) is 5.97. The summed E-state index contributed by atoms with van der Waals surface area (Å²) in [4.78, 5) is 11.0. The number of hydrogen-bond donors (Lipinski definition) is 1. The van der Waals surface area contributed by atoms with E-state index in [2.05, 4.69) is 4.72 Å². The fourth-order valence-corrected chi connectivity index (χ4v) is 3.70. The maximum atomic E-state index is 12.0. The van der Waals surface area contributed by atoms with Crippen LogP contribution in [-0.4, -0.2) is 27.5 Å². The predicted molar refractivity (Wildman–Crippen MR) is 77.5 cm³/mol. The Hall–Kier alpha value is -0.820. The van der Waals surface area contributed by atoms with E-state index >= 15 is 0 Å². The summed E-state index contributed by atoms with van der Waals surface area (Å²) in [6.45, 7) is 2.11. The molecule has 0 aliphatic heterocycles. The third-order valence-electron chi connectivity index (χ3n) is 2.34. The lowest BCUT2D eigenvalue weighted by Crippen LogP contribution is -2.26. The fourth-order valence-electron chi connectivity index (χ4n) is 1.48. The van der Waals surface area contributed by atoms with Crippen LogP contribution >= 0.6 is 23.2 Å². The molecule has 5 nitrogen and oxygen atoms in total. The van der Waals surface area contributed by atoms with Gasteiger partial charge in [-0.1, -0.05) is 29.3 Å². The molecule has 1 aromatic rings. The Morgan fingerprint density at radius 1 is 1.30 bits per heavy atom. The van der Waals surface area contributed by atoms with Gasteiger partial charge in [0.05, 0.1) is 16.7 Å². The van der Waals surface area contributed by atoms with Gasteiger partial charge in [-0.3, -0.25) is 4.79 Å². The Labute approximate surface area is 128 Å². The standard InChI is InChI=1S/C12H15Cl2NO4S/c1-2-19-11(16)7-4-8-15-20(17,18)12-9(13)5-3-6-10(12)14/h3,5-6,15H,2,4,7-8H2,1H3. The molecular weight excluding hydrogens is 325 g/mol. The summed E-state index contributed by atoms with van der Waals surface area (Å²) < 4.78 is 31.2. The number of nitrogens with one attached hydrogen (secondary N) is 1. The van der Waals surface area contributed by atoms with Crippen LogP contribution in [0.1, 0.15) is 19.8 Å². The number of halogens is 2. The van der Waals surface area contributed by atoms with Crippen LogP contribution in [-0.2, 0) is 19.6 Å². The van der Waals surface area contributed by atoms with Crippen molar-refractivity contribution in [3.8, 4) is 0 Å². The van der Waals surface area contributed by atoms with E-state index in [9.17, 15) is 13.2 Å². The topological polar surface area (TPSA) is 72.5 Å². The Kier molecular flexibility index (Phi) is 6.75. The molecule has 0 radical (unpaired) electrons. The van der Waals surface area contributed by atoms with Gasteiger partial charge in [0.2, 0.25) is 10.0 Å². The molecule has 0 fully saturated rings. The fraction of sp³-hybridized carbons (Fsp3) is 0.417. The highest BCUT2D eigenvalue weighted by atomic mass is 35.5. The molecule has 0 amide bonds. The molecule has 0 heterocycles. The normalized spacial score (nSPS) is 11.3. The number of sulfonamides is 1. The molecule has 0 atom stereocenters. The molecule has 0 aromatic heterocycles. The summed E-state index contributed by atoms with van der Waals surface area (Å²) in [5.41, 5.74) is 0. The Morgan fingerprint density at radius 2 is 1.90 bits per heavy atom. The van der Waals surface area contributed by atoms with Gasteiger partial charge < -0.3 is 4.74 Å². The summed E-state index contributed by atoms with van der Waals surface area (Å²) in [6.07, 6.45) is 0.479. The van der Waals surface area contributed by atoms with Gasteiger partial charge in [0.1, 0.15) is 4.90 Å². The van der Waals surface area contributed by atoms with Crippen LogP contribution in [0.3, 0.4) is 0 Å². The van der Waals surface area contributed by atoms with Gasteiger partial charge in [-0.15, -0.1) is 0 Å². The van der Waals surface area contributed by atoms with Crippen molar-refractivity contribution in [3.05, 3.63) is 28.2 Å². The van der Waals surface area contributed by atoms with Gasteiger partial charge in [0, 0.05) is 13.0 Å². The first kappa shape index (κ1) is 17.2. The average Bonchev–Trinajstić information content (AvgIpc) is 2.34. The highest BCUT2D eigenvalue weighted by Crippen LogP contribution is 2.28. The van der Waals surface area contributed by atoms with E-state index in [-0.39, 0.29) is 33.9 Å². The molecule has 0 saturated carbocycles. The monoisotopic (exact) mass is 339 g/mol. The molecule has 0 unspecified atom stereocenters. The van der Waals surface area contributed by atoms with E-state index < -0.39 is 10.0 Å². The average molecular weight is 340 g/mol. The minimum absolute atomic E-state index is 0.0513. The number of rotatable bonds is 7. The van der Waals surface area contributed by atoms with Gasteiger partial charge in [-0.2, -0.15) is 0 Å². The molecule has 112 valence electrons. The largest absolute Gasteiger partial charge is 0.466 e. The van der Waals surface area contributed by atoms with Crippen LogP contribution in [0.2, 0.25) is 10.0 Å². The van der Waals surface area contributed by atoms with Gasteiger partial charge in [0.25, 0.3) is 0 Å². The van der Waals surface area contributed by atoms with E-state index in [1.807, 2.05) is 0 Å². The van der Waals surface area contributed by atoms with E-state index in [0.717, 1.165) is 0 Å². The quantitative estimate of drug-likeness (QED) is 0.612. The number of benzene rings is 1. The highest BCUT2D eigenvalue weighted by molar-refractivity contribution is 7.89. The van der Waals surface area contributed by atoms with E-state index in [1.54, 1.807) is 13.0 Å². The van der Waals surface area contributed by atoms with Crippen molar-refractivity contribution in [2.45, 2.75) is 24.7 Å². The summed E-state index contributed by atoms with van der Waals surface area (Å²) in [6, 6.07) is 4.45. The molecule has 0 bridgehead atoms. The smallest absolute Gasteiger partial charge is 0.305 e. The molecule has 8 heteroatoms. The summed E-state index contributed by atoms with van der Waals surface area (Å²) in [7, 11) is -3.80. The van der Waals surface area contributed by atoms with Crippen LogP contribution in [0.25, 0.3) is 0 Å². The lowest BCUT2D eigenvalue weighted by Gasteiger charge is -2.09. The number of ether oxygens (including phenoxy) is 1. The lowest BCUT2D eigenvalue weighted by atomic mass is 10.3. The van der Waals surface area contributed by atoms with Crippen molar-refractivity contribution in [1.29, 1.82) is 0 Å². The number of esters is 1. The minimum atomic E-state index is -3.80. The SMILES string of the molecule is CCOC(=O)CCCNS(=O)(=O)c1c(Cl)cccc1Cl. The van der Waals surface area contributed by atoms with Gasteiger partial charge >= 0.3 is 5.97 Å². The van der Waals surface area contributed by atoms with Crippen LogP contribution in [0.15, 0.2) is 23.1 Å². The molecule has 0 spiro atoms. The van der Waals surface area contributed by atoms with Crippen LogP contribution in [0.4, 0.5) is 0 Å². The molecule has 1 aromatic carbocycles. The van der Waals surface area contributed by atoms with Gasteiger partial charge in [-0.05, 0) is 25.5 Å². The Balaban J connectivity index is 2.61. The highest BCUT2D eigenvalue weighted by Gasteiger charge is 2.20. The summed E-state index contributed by atoms with van der Waals surface area (Å²) in [5.74, 6) is -0.359. The van der Waals surface area contributed by atoms with E-state index in [4.69, 9.17) is 27.9 Å². The second-order valence-corrected chi connectivity index (χ2v) is 6.38. The summed E-state index contributed by atoms with van der Waals surface area (Å²) >= 11 is 11.7. The first-order valence-corrected chi connectivity index (χ1v) is 8.21. The number of carbonyl (C=O) groups is 1. The lowest BCUT2D eigenvalue weighted by molar-refractivity contribution is -0.143.